The third-order valence-corrected chi connectivity index (χ3v) is 6.76. The monoisotopic (exact) mass is 390 g/mol. The highest BCUT2D eigenvalue weighted by atomic mass is 16.3. The predicted octanol–water partition coefficient (Wildman–Crippen LogP) is -0.753. The Morgan fingerprint density at radius 1 is 1.21 bits per heavy atom. The van der Waals surface area contributed by atoms with E-state index in [0.717, 1.165) is 38.2 Å². The average molecular weight is 390 g/mol. The molecular weight excluding hydrogens is 360 g/mol. The van der Waals surface area contributed by atoms with Gasteiger partial charge in [-0.2, -0.15) is 0 Å². The normalized spacial score (nSPS) is 30.5. The highest BCUT2D eigenvalue weighted by Gasteiger charge is 2.45. The van der Waals surface area contributed by atoms with Gasteiger partial charge in [-0.3, -0.25) is 19.2 Å². The summed E-state index contributed by atoms with van der Waals surface area (Å²) in [5.41, 5.74) is 6.22. The van der Waals surface area contributed by atoms with E-state index in [9.17, 15) is 9.59 Å². The van der Waals surface area contributed by atoms with E-state index >= 15 is 0 Å². The summed E-state index contributed by atoms with van der Waals surface area (Å²) in [5.74, 6) is 0.404. The largest absolute Gasteiger partial charge is 0.396 e. The van der Waals surface area contributed by atoms with E-state index in [1.807, 2.05) is 15.8 Å². The Bertz CT molecular complexity index is 714. The van der Waals surface area contributed by atoms with Gasteiger partial charge in [-0.25, -0.2) is 0 Å². The van der Waals surface area contributed by atoms with Gasteiger partial charge >= 0.3 is 0 Å². The molecule has 4 saturated heterocycles. The van der Waals surface area contributed by atoms with Gasteiger partial charge in [0.2, 0.25) is 11.8 Å². The summed E-state index contributed by atoms with van der Waals surface area (Å²) >= 11 is 0. The van der Waals surface area contributed by atoms with Crippen LogP contribution in [0.25, 0.3) is 0 Å². The molecule has 0 aromatic carbocycles. The van der Waals surface area contributed by atoms with Crippen molar-refractivity contribution < 1.29 is 14.7 Å². The van der Waals surface area contributed by atoms with Crippen molar-refractivity contribution in [3.63, 3.8) is 0 Å². The smallest absolute Gasteiger partial charge is 0.227 e. The molecule has 0 saturated carbocycles. The van der Waals surface area contributed by atoms with Crippen LogP contribution in [-0.4, -0.2) is 80.5 Å². The van der Waals surface area contributed by atoms with Crippen molar-refractivity contribution in [1.82, 2.24) is 24.8 Å². The first-order valence-corrected chi connectivity index (χ1v) is 10.4. The van der Waals surface area contributed by atoms with Crippen molar-refractivity contribution in [2.45, 2.75) is 44.7 Å². The predicted molar refractivity (Wildman–Crippen MR) is 101 cm³/mol. The van der Waals surface area contributed by atoms with Gasteiger partial charge < -0.3 is 15.7 Å². The van der Waals surface area contributed by atoms with Gasteiger partial charge in [-0.05, 0) is 38.1 Å². The number of primary amides is 1. The SMILES string of the molecule is NC(=O)C1CCN(C(=O)[C@H]2CN3CC[C@H]2C[C@@H]3Cn2cc(CCO)nn2)CC1. The number of hydrogen-bond donors (Lipinski definition) is 2. The van der Waals surface area contributed by atoms with Crippen LogP contribution in [0, 0.1) is 17.8 Å². The molecule has 4 aliphatic rings. The Hall–Kier alpha value is -2.00. The zero-order valence-electron chi connectivity index (χ0n) is 16.2. The van der Waals surface area contributed by atoms with Crippen LogP contribution in [0.3, 0.4) is 0 Å². The maximum absolute atomic E-state index is 13.1. The van der Waals surface area contributed by atoms with Crippen molar-refractivity contribution in [2.75, 3.05) is 32.8 Å². The molecule has 0 aliphatic carbocycles. The van der Waals surface area contributed by atoms with Gasteiger partial charge in [0.05, 0.1) is 18.2 Å². The summed E-state index contributed by atoms with van der Waals surface area (Å²) < 4.78 is 1.86. The van der Waals surface area contributed by atoms with Crippen LogP contribution in [-0.2, 0) is 22.6 Å². The average Bonchev–Trinajstić information content (AvgIpc) is 3.15. The number of aromatic nitrogens is 3. The number of carbonyl (C=O) groups is 2. The molecule has 0 radical (unpaired) electrons. The van der Waals surface area contributed by atoms with Crippen molar-refractivity contribution in [3.05, 3.63) is 11.9 Å². The van der Waals surface area contributed by atoms with E-state index in [0.29, 0.717) is 44.3 Å². The molecule has 4 atom stereocenters. The standard InChI is InChI=1S/C19H30N6O3/c20-18(27)13-1-5-23(6-2-13)19(28)17-12-24-7-3-14(17)9-16(24)11-25-10-15(4-8-26)21-22-25/h10,13-14,16-17,26H,1-9,11-12H2,(H2,20,27)/t14-,16+,17-/m0/s1. The molecule has 4 aliphatic heterocycles. The van der Waals surface area contributed by atoms with E-state index < -0.39 is 0 Å². The highest BCUT2D eigenvalue weighted by Crippen LogP contribution is 2.38. The molecule has 28 heavy (non-hydrogen) atoms. The second kappa shape index (κ2) is 8.16. The van der Waals surface area contributed by atoms with E-state index in [1.165, 1.54) is 0 Å². The van der Waals surface area contributed by atoms with E-state index in [1.54, 1.807) is 0 Å². The summed E-state index contributed by atoms with van der Waals surface area (Å²) in [6.45, 7) is 3.98. The van der Waals surface area contributed by atoms with Crippen LogP contribution in [0.1, 0.15) is 31.4 Å². The van der Waals surface area contributed by atoms with Gasteiger partial charge in [0.15, 0.2) is 0 Å². The van der Waals surface area contributed by atoms with Crippen molar-refractivity contribution in [2.24, 2.45) is 23.5 Å². The van der Waals surface area contributed by atoms with Gasteiger partial charge in [-0.15, -0.1) is 5.10 Å². The Labute approximate surface area is 164 Å². The van der Waals surface area contributed by atoms with Gasteiger partial charge in [0, 0.05) is 50.8 Å². The summed E-state index contributed by atoms with van der Waals surface area (Å²) in [7, 11) is 0. The van der Waals surface area contributed by atoms with Crippen LogP contribution in [0.2, 0.25) is 0 Å². The number of rotatable bonds is 6. The lowest BCUT2D eigenvalue weighted by Crippen LogP contribution is -2.59. The molecule has 2 bridgehead atoms. The summed E-state index contributed by atoms with van der Waals surface area (Å²) in [6, 6.07) is 0.382. The number of amides is 2. The molecule has 2 amide bonds. The minimum Gasteiger partial charge on any atom is -0.396 e. The second-order valence-corrected chi connectivity index (χ2v) is 8.45. The van der Waals surface area contributed by atoms with Crippen LogP contribution in [0.4, 0.5) is 0 Å². The second-order valence-electron chi connectivity index (χ2n) is 8.45. The Morgan fingerprint density at radius 3 is 2.64 bits per heavy atom. The fourth-order valence-corrected chi connectivity index (χ4v) is 5.10. The summed E-state index contributed by atoms with van der Waals surface area (Å²) in [6.07, 6.45) is 5.88. The minimum absolute atomic E-state index is 0.0656. The molecule has 0 spiro atoms. The zero-order valence-corrected chi connectivity index (χ0v) is 16.2. The number of aliphatic hydroxyl groups excluding tert-OH is 1. The molecule has 9 nitrogen and oxygen atoms in total. The zero-order chi connectivity index (χ0) is 19.7. The molecule has 1 unspecified atom stereocenters. The molecular formula is C19H30N6O3. The molecule has 154 valence electrons. The van der Waals surface area contributed by atoms with E-state index in [-0.39, 0.29) is 30.3 Å². The highest BCUT2D eigenvalue weighted by molar-refractivity contribution is 5.81. The lowest BCUT2D eigenvalue weighted by atomic mass is 9.74. The molecule has 4 fully saturated rings. The number of fused-ring (bicyclic) bond motifs is 3. The third kappa shape index (κ3) is 3.91. The quantitative estimate of drug-likeness (QED) is 0.660. The van der Waals surface area contributed by atoms with Gasteiger partial charge in [0.25, 0.3) is 0 Å². The lowest BCUT2D eigenvalue weighted by molar-refractivity contribution is -0.146. The third-order valence-electron chi connectivity index (χ3n) is 6.76. The fraction of sp³-hybridized carbons (Fsp3) is 0.789. The van der Waals surface area contributed by atoms with Crippen LogP contribution >= 0.6 is 0 Å². The van der Waals surface area contributed by atoms with E-state index in [2.05, 4.69) is 15.2 Å². The molecule has 1 aromatic heterocycles. The first kappa shape index (κ1) is 19.3. The Kier molecular flexibility index (Phi) is 5.63. The lowest BCUT2D eigenvalue weighted by Gasteiger charge is -2.50. The number of likely N-dealkylation sites (tertiary alicyclic amines) is 1. The minimum atomic E-state index is -0.243. The topological polar surface area (TPSA) is 118 Å². The first-order chi connectivity index (χ1) is 13.5. The van der Waals surface area contributed by atoms with Crippen molar-refractivity contribution in [1.29, 1.82) is 0 Å². The summed E-state index contributed by atoms with van der Waals surface area (Å²) in [4.78, 5) is 28.8. The Morgan fingerprint density at radius 2 is 2.00 bits per heavy atom. The summed E-state index contributed by atoms with van der Waals surface area (Å²) in [5, 5.41) is 17.3. The first-order valence-electron chi connectivity index (χ1n) is 10.4. The Balaban J connectivity index is 1.33. The molecule has 9 heteroatoms. The van der Waals surface area contributed by atoms with Crippen molar-refractivity contribution in [3.8, 4) is 0 Å². The van der Waals surface area contributed by atoms with E-state index in [4.69, 9.17) is 10.8 Å². The van der Waals surface area contributed by atoms with Crippen LogP contribution in [0.15, 0.2) is 6.20 Å². The molecule has 5 heterocycles. The molecule has 5 rings (SSSR count). The fourth-order valence-electron chi connectivity index (χ4n) is 5.10. The number of hydrogen-bond acceptors (Lipinski definition) is 6. The maximum Gasteiger partial charge on any atom is 0.227 e. The molecule has 3 N–H and O–H groups in total. The number of carbonyl (C=O) groups excluding carboxylic acids is 2. The molecule has 1 aromatic rings. The number of nitrogens with two attached hydrogens (primary N) is 1. The number of aliphatic hydroxyl groups is 1. The van der Waals surface area contributed by atoms with Gasteiger partial charge in [-0.1, -0.05) is 5.21 Å². The maximum atomic E-state index is 13.1. The van der Waals surface area contributed by atoms with Gasteiger partial charge in [0.1, 0.15) is 0 Å². The van der Waals surface area contributed by atoms with Crippen LogP contribution < -0.4 is 5.73 Å². The van der Waals surface area contributed by atoms with Crippen LogP contribution in [0.5, 0.6) is 0 Å². The number of nitrogens with zero attached hydrogens (tertiary/aromatic N) is 5. The number of piperidine rings is 4. The van der Waals surface area contributed by atoms with Crippen molar-refractivity contribution >= 4 is 11.8 Å².